The second-order valence-electron chi connectivity index (χ2n) is 6.06. The smallest absolute Gasteiger partial charge is 0.123 e. The number of hydrogen-bond acceptors (Lipinski definition) is 2. The Hall–Kier alpha value is -1.44. The molecule has 0 saturated heterocycles. The zero-order chi connectivity index (χ0) is 18.5. The fourth-order valence-electron chi connectivity index (χ4n) is 2.77. The molecular formula is C21H18BrFINO. The molecule has 134 valence electrons. The van der Waals surface area contributed by atoms with Crippen molar-refractivity contribution in [3.8, 4) is 0 Å². The predicted octanol–water partition coefficient (Wildman–Crippen LogP) is 6.47. The van der Waals surface area contributed by atoms with Crippen LogP contribution in [0.5, 0.6) is 0 Å². The van der Waals surface area contributed by atoms with Crippen LogP contribution in [-0.2, 0) is 0 Å². The molecule has 2 N–H and O–H groups in total. The van der Waals surface area contributed by atoms with Gasteiger partial charge in [-0.25, -0.2) is 4.39 Å². The molecule has 0 saturated carbocycles. The summed E-state index contributed by atoms with van der Waals surface area (Å²) in [6.45, 7) is 0. The van der Waals surface area contributed by atoms with Crippen LogP contribution in [0.3, 0.4) is 0 Å². The van der Waals surface area contributed by atoms with Crippen molar-refractivity contribution in [2.75, 3.05) is 5.32 Å². The molecule has 0 radical (unpaired) electrons. The van der Waals surface area contributed by atoms with Crippen molar-refractivity contribution in [2.24, 2.45) is 0 Å². The first-order valence-electron chi connectivity index (χ1n) is 8.22. The van der Waals surface area contributed by atoms with E-state index in [1.54, 1.807) is 12.1 Å². The van der Waals surface area contributed by atoms with E-state index in [1.165, 1.54) is 15.7 Å². The summed E-state index contributed by atoms with van der Waals surface area (Å²) in [7, 11) is 0. The number of aliphatic hydroxyl groups excluding tert-OH is 1. The molecule has 0 aliphatic carbocycles. The van der Waals surface area contributed by atoms with Gasteiger partial charge in [-0.05, 0) is 82.2 Å². The normalized spacial score (nSPS) is 13.2. The lowest BCUT2D eigenvalue weighted by Gasteiger charge is -2.24. The highest BCUT2D eigenvalue weighted by molar-refractivity contribution is 14.1. The van der Waals surface area contributed by atoms with E-state index in [0.29, 0.717) is 12.0 Å². The van der Waals surface area contributed by atoms with Gasteiger partial charge in [0.1, 0.15) is 5.82 Å². The van der Waals surface area contributed by atoms with Gasteiger partial charge >= 0.3 is 0 Å². The zero-order valence-electron chi connectivity index (χ0n) is 13.9. The monoisotopic (exact) mass is 525 g/mol. The van der Waals surface area contributed by atoms with Crippen molar-refractivity contribution in [1.29, 1.82) is 0 Å². The first-order valence-corrected chi connectivity index (χ1v) is 10.1. The molecule has 0 fully saturated rings. The summed E-state index contributed by atoms with van der Waals surface area (Å²) < 4.78 is 15.3. The van der Waals surface area contributed by atoms with Crippen LogP contribution in [-0.4, -0.2) is 5.11 Å². The molecule has 0 amide bonds. The standard InChI is InChI=1S/C21H18BrFINO/c22-16-5-1-14(2-6-16)20(25-19-11-9-18(24)10-12-19)13-21(26)15-3-7-17(23)8-4-15/h1-12,20-21,25-26H,13H2. The average molecular weight is 526 g/mol. The summed E-state index contributed by atoms with van der Waals surface area (Å²) in [5.41, 5.74) is 2.77. The molecule has 0 spiro atoms. The summed E-state index contributed by atoms with van der Waals surface area (Å²) in [5, 5.41) is 14.1. The number of halogens is 3. The minimum absolute atomic E-state index is 0.0804. The molecule has 3 aromatic carbocycles. The number of hydrogen-bond donors (Lipinski definition) is 2. The van der Waals surface area contributed by atoms with Gasteiger partial charge in [0.25, 0.3) is 0 Å². The first-order chi connectivity index (χ1) is 12.5. The molecule has 3 aromatic rings. The minimum Gasteiger partial charge on any atom is -0.388 e. The van der Waals surface area contributed by atoms with E-state index < -0.39 is 6.10 Å². The minimum atomic E-state index is -0.694. The average Bonchev–Trinajstić information content (AvgIpc) is 2.64. The second kappa shape index (κ2) is 8.97. The van der Waals surface area contributed by atoms with E-state index in [0.717, 1.165) is 15.7 Å². The van der Waals surface area contributed by atoms with Crippen molar-refractivity contribution in [1.82, 2.24) is 0 Å². The van der Waals surface area contributed by atoms with Crippen molar-refractivity contribution >= 4 is 44.2 Å². The van der Waals surface area contributed by atoms with E-state index >= 15 is 0 Å². The molecule has 0 aliphatic rings. The number of anilines is 1. The van der Waals surface area contributed by atoms with Crippen molar-refractivity contribution in [2.45, 2.75) is 18.6 Å². The van der Waals surface area contributed by atoms with Gasteiger partial charge in [0, 0.05) is 20.2 Å². The maximum atomic E-state index is 13.1. The Balaban J connectivity index is 1.83. The number of aliphatic hydroxyl groups is 1. The van der Waals surface area contributed by atoms with E-state index in [4.69, 9.17) is 0 Å². The summed E-state index contributed by atoms with van der Waals surface area (Å²) in [4.78, 5) is 0. The number of nitrogens with one attached hydrogen (secondary N) is 1. The topological polar surface area (TPSA) is 32.3 Å². The number of rotatable bonds is 6. The highest BCUT2D eigenvalue weighted by atomic mass is 127. The summed E-state index contributed by atoms with van der Waals surface area (Å²) in [6.07, 6.45) is -0.222. The van der Waals surface area contributed by atoms with Gasteiger partial charge in [0.15, 0.2) is 0 Å². The molecule has 0 heterocycles. The van der Waals surface area contributed by atoms with Gasteiger partial charge in [-0.2, -0.15) is 0 Å². The van der Waals surface area contributed by atoms with Crippen molar-refractivity contribution in [3.63, 3.8) is 0 Å². The van der Waals surface area contributed by atoms with Crippen LogP contribution >= 0.6 is 38.5 Å². The van der Waals surface area contributed by atoms with E-state index in [9.17, 15) is 9.50 Å². The van der Waals surface area contributed by atoms with Crippen LogP contribution in [0.1, 0.15) is 29.7 Å². The Morgan fingerprint density at radius 2 is 1.46 bits per heavy atom. The zero-order valence-corrected chi connectivity index (χ0v) is 17.6. The highest BCUT2D eigenvalue weighted by Gasteiger charge is 2.18. The van der Waals surface area contributed by atoms with Crippen LogP contribution in [0.25, 0.3) is 0 Å². The third-order valence-corrected chi connectivity index (χ3v) is 5.42. The maximum Gasteiger partial charge on any atom is 0.123 e. The van der Waals surface area contributed by atoms with Gasteiger partial charge in [0.05, 0.1) is 12.1 Å². The molecule has 2 atom stereocenters. The van der Waals surface area contributed by atoms with Crippen LogP contribution in [0.15, 0.2) is 77.3 Å². The Morgan fingerprint density at radius 3 is 2.08 bits per heavy atom. The summed E-state index contributed by atoms with van der Waals surface area (Å²) >= 11 is 5.73. The highest BCUT2D eigenvalue weighted by Crippen LogP contribution is 2.30. The van der Waals surface area contributed by atoms with Crippen LogP contribution in [0.4, 0.5) is 10.1 Å². The van der Waals surface area contributed by atoms with Gasteiger partial charge in [-0.1, -0.05) is 40.2 Å². The Kier molecular flexibility index (Phi) is 6.67. The molecule has 2 unspecified atom stereocenters. The third-order valence-electron chi connectivity index (χ3n) is 4.17. The Labute approximate surface area is 174 Å². The predicted molar refractivity (Wildman–Crippen MR) is 116 cm³/mol. The summed E-state index contributed by atoms with van der Waals surface area (Å²) in [5.74, 6) is -0.303. The van der Waals surface area contributed by atoms with Gasteiger partial charge in [-0.3, -0.25) is 0 Å². The molecular weight excluding hydrogens is 508 g/mol. The van der Waals surface area contributed by atoms with E-state index in [-0.39, 0.29) is 11.9 Å². The fraction of sp³-hybridized carbons (Fsp3) is 0.143. The van der Waals surface area contributed by atoms with Crippen LogP contribution in [0.2, 0.25) is 0 Å². The van der Waals surface area contributed by atoms with Crippen LogP contribution in [0, 0.1) is 9.39 Å². The molecule has 0 bridgehead atoms. The molecule has 3 rings (SSSR count). The lowest BCUT2D eigenvalue weighted by Crippen LogP contribution is -2.15. The quantitative estimate of drug-likeness (QED) is 0.361. The molecule has 0 aliphatic heterocycles. The Bertz CT molecular complexity index is 837. The largest absolute Gasteiger partial charge is 0.388 e. The Morgan fingerprint density at radius 1 is 0.885 bits per heavy atom. The van der Waals surface area contributed by atoms with E-state index in [2.05, 4.69) is 43.8 Å². The molecule has 0 aromatic heterocycles. The van der Waals surface area contributed by atoms with Gasteiger partial charge in [0.2, 0.25) is 0 Å². The lowest BCUT2D eigenvalue weighted by molar-refractivity contribution is 0.160. The first kappa shape index (κ1) is 19.3. The molecule has 26 heavy (non-hydrogen) atoms. The van der Waals surface area contributed by atoms with Crippen LogP contribution < -0.4 is 5.32 Å². The van der Waals surface area contributed by atoms with Gasteiger partial charge < -0.3 is 10.4 Å². The van der Waals surface area contributed by atoms with Crippen molar-refractivity contribution in [3.05, 3.63) is 97.8 Å². The molecule has 5 heteroatoms. The lowest BCUT2D eigenvalue weighted by atomic mass is 9.96. The van der Waals surface area contributed by atoms with Crippen molar-refractivity contribution < 1.29 is 9.50 Å². The van der Waals surface area contributed by atoms with Gasteiger partial charge in [-0.15, -0.1) is 0 Å². The second-order valence-corrected chi connectivity index (χ2v) is 8.22. The van der Waals surface area contributed by atoms with E-state index in [1.807, 2.05) is 48.5 Å². The SMILES string of the molecule is OC(CC(Nc1ccc(I)cc1)c1ccc(Br)cc1)c1ccc(F)cc1. The number of benzene rings is 3. The summed E-state index contributed by atoms with van der Waals surface area (Å²) in [6, 6.07) is 22.1. The molecule has 2 nitrogen and oxygen atoms in total. The third kappa shape index (κ3) is 5.28. The fourth-order valence-corrected chi connectivity index (χ4v) is 3.39. The maximum absolute atomic E-state index is 13.1.